The summed E-state index contributed by atoms with van der Waals surface area (Å²) in [5, 5.41) is 8.52. The highest BCUT2D eigenvalue weighted by Crippen LogP contribution is 2.13. The minimum atomic E-state index is -0.707. The maximum Gasteiger partial charge on any atom is 0.243 e. The van der Waals surface area contributed by atoms with E-state index in [4.69, 9.17) is 11.5 Å². The van der Waals surface area contributed by atoms with E-state index in [9.17, 15) is 14.4 Å². The van der Waals surface area contributed by atoms with Gasteiger partial charge in [-0.2, -0.15) is 0 Å². The molecule has 228 valence electrons. The number of nitrogens with zero attached hydrogens (tertiary/aromatic N) is 1. The molecular weight excluding hydrogens is 492 g/mol. The topological polar surface area (TPSA) is 152 Å². The van der Waals surface area contributed by atoms with Crippen molar-refractivity contribution in [2.75, 3.05) is 13.1 Å². The molecule has 0 fully saturated rings. The molecule has 0 aromatic carbocycles. The summed E-state index contributed by atoms with van der Waals surface area (Å²) in [6.45, 7) is 8.57. The van der Waals surface area contributed by atoms with Crippen molar-refractivity contribution in [1.29, 1.82) is 0 Å². The van der Waals surface area contributed by atoms with Crippen LogP contribution in [0.3, 0.4) is 0 Å². The van der Waals surface area contributed by atoms with E-state index in [1.54, 1.807) is 0 Å². The van der Waals surface area contributed by atoms with E-state index in [-0.39, 0.29) is 29.6 Å². The van der Waals surface area contributed by atoms with E-state index in [1.165, 1.54) is 84.0 Å². The van der Waals surface area contributed by atoms with Gasteiger partial charge in [0.05, 0.1) is 0 Å². The number of aliphatic imine (C=N–C) groups is 1. The predicted molar refractivity (Wildman–Crippen MR) is 162 cm³/mol. The van der Waals surface area contributed by atoms with Crippen LogP contribution in [-0.2, 0) is 14.4 Å². The van der Waals surface area contributed by atoms with E-state index in [0.29, 0.717) is 32.4 Å². The fourth-order valence-electron chi connectivity index (χ4n) is 4.65. The Hall–Kier alpha value is -2.32. The molecule has 0 aliphatic rings. The Morgan fingerprint density at radius 1 is 0.692 bits per heavy atom. The van der Waals surface area contributed by atoms with Gasteiger partial charge < -0.3 is 27.4 Å². The van der Waals surface area contributed by atoms with Crippen molar-refractivity contribution >= 4 is 23.7 Å². The first-order valence-corrected chi connectivity index (χ1v) is 15.6. The molecule has 0 spiro atoms. The first-order valence-electron chi connectivity index (χ1n) is 15.6. The molecule has 0 radical (unpaired) electrons. The van der Waals surface area contributed by atoms with Crippen LogP contribution in [0.25, 0.3) is 0 Å². The molecule has 2 atom stereocenters. The first-order chi connectivity index (χ1) is 18.7. The van der Waals surface area contributed by atoms with E-state index < -0.39 is 12.1 Å². The van der Waals surface area contributed by atoms with Gasteiger partial charge in [0.2, 0.25) is 17.7 Å². The van der Waals surface area contributed by atoms with Crippen molar-refractivity contribution in [3.63, 3.8) is 0 Å². The second-order valence-electron chi connectivity index (χ2n) is 11.3. The molecule has 9 nitrogen and oxygen atoms in total. The average Bonchev–Trinajstić information content (AvgIpc) is 2.86. The van der Waals surface area contributed by atoms with Crippen molar-refractivity contribution in [2.24, 2.45) is 22.4 Å². The molecule has 9 heteroatoms. The summed E-state index contributed by atoms with van der Waals surface area (Å²) >= 11 is 0. The monoisotopic (exact) mass is 552 g/mol. The number of amides is 3. The standard InChI is InChI=1S/C30H60N6O3/c1-5-6-7-8-9-10-11-12-13-14-15-16-17-18-21-33-28(38)26(20-19-22-34-30(31)32)36-29(39)27(23-24(2)3)35-25(4)37/h24,26-27H,5-23H2,1-4H3,(H,33,38)(H,35,37)(H,36,39)(H4,31,32,34)/t26-,27-/m0/s1. The van der Waals surface area contributed by atoms with Crippen LogP contribution >= 0.6 is 0 Å². The SMILES string of the molecule is CCCCCCCCCCCCCCCCNC(=O)[C@H](CCCN=C(N)N)NC(=O)[C@H](CC(C)C)NC(C)=O. The Morgan fingerprint density at radius 3 is 1.67 bits per heavy atom. The smallest absolute Gasteiger partial charge is 0.243 e. The Balaban J connectivity index is 4.35. The number of hydrogen-bond donors (Lipinski definition) is 5. The van der Waals surface area contributed by atoms with Gasteiger partial charge in [0.25, 0.3) is 0 Å². The number of nitrogens with two attached hydrogens (primary N) is 2. The van der Waals surface area contributed by atoms with E-state index in [1.807, 2.05) is 13.8 Å². The van der Waals surface area contributed by atoms with Gasteiger partial charge in [-0.05, 0) is 31.6 Å². The van der Waals surface area contributed by atoms with Crippen LogP contribution in [0, 0.1) is 5.92 Å². The highest BCUT2D eigenvalue weighted by Gasteiger charge is 2.26. The Kier molecular flexibility index (Phi) is 23.2. The summed E-state index contributed by atoms with van der Waals surface area (Å²) < 4.78 is 0. The van der Waals surface area contributed by atoms with Gasteiger partial charge in [-0.15, -0.1) is 0 Å². The lowest BCUT2D eigenvalue weighted by Gasteiger charge is -2.24. The Morgan fingerprint density at radius 2 is 1.21 bits per heavy atom. The molecule has 7 N–H and O–H groups in total. The van der Waals surface area contributed by atoms with Crippen molar-refractivity contribution in [3.05, 3.63) is 0 Å². The maximum absolute atomic E-state index is 12.9. The molecule has 0 aromatic rings. The van der Waals surface area contributed by atoms with Gasteiger partial charge in [-0.3, -0.25) is 19.4 Å². The molecule has 39 heavy (non-hydrogen) atoms. The molecule has 0 saturated heterocycles. The zero-order valence-electron chi connectivity index (χ0n) is 25.5. The maximum atomic E-state index is 12.9. The summed E-state index contributed by atoms with van der Waals surface area (Å²) in [5.74, 6) is -0.629. The van der Waals surface area contributed by atoms with Gasteiger partial charge in [-0.1, -0.05) is 104 Å². The van der Waals surface area contributed by atoms with Crippen molar-refractivity contribution in [1.82, 2.24) is 16.0 Å². The summed E-state index contributed by atoms with van der Waals surface area (Å²) in [5.41, 5.74) is 10.8. The van der Waals surface area contributed by atoms with Gasteiger partial charge in [-0.25, -0.2) is 0 Å². The Bertz CT molecular complexity index is 680. The average molecular weight is 553 g/mol. The highest BCUT2D eigenvalue weighted by molar-refractivity contribution is 5.91. The molecule has 0 aromatic heterocycles. The summed E-state index contributed by atoms with van der Waals surface area (Å²) in [4.78, 5) is 41.4. The third-order valence-electron chi connectivity index (χ3n) is 6.81. The van der Waals surface area contributed by atoms with Gasteiger partial charge >= 0.3 is 0 Å². The van der Waals surface area contributed by atoms with E-state index in [2.05, 4.69) is 27.9 Å². The summed E-state index contributed by atoms with van der Waals surface area (Å²) in [6.07, 6.45) is 19.4. The fraction of sp³-hybridized carbons (Fsp3) is 0.867. The molecule has 0 heterocycles. The molecule has 0 saturated carbocycles. The molecule has 0 bridgehead atoms. The molecule has 0 aliphatic heterocycles. The summed E-state index contributed by atoms with van der Waals surface area (Å²) in [6, 6.07) is -1.39. The van der Waals surface area contributed by atoms with Gasteiger partial charge in [0.1, 0.15) is 12.1 Å². The largest absolute Gasteiger partial charge is 0.370 e. The normalized spacial score (nSPS) is 12.5. The van der Waals surface area contributed by atoms with Crippen molar-refractivity contribution in [2.45, 2.75) is 149 Å². The van der Waals surface area contributed by atoms with E-state index >= 15 is 0 Å². The van der Waals surface area contributed by atoms with Crippen LogP contribution < -0.4 is 27.4 Å². The number of carbonyl (C=O) groups is 3. The number of carbonyl (C=O) groups excluding carboxylic acids is 3. The third-order valence-corrected chi connectivity index (χ3v) is 6.81. The molecule has 3 amide bonds. The second-order valence-corrected chi connectivity index (χ2v) is 11.3. The number of hydrogen-bond acceptors (Lipinski definition) is 4. The highest BCUT2D eigenvalue weighted by atomic mass is 16.2. The summed E-state index contributed by atoms with van der Waals surface area (Å²) in [7, 11) is 0. The van der Waals surface area contributed by atoms with Crippen LogP contribution in [0.5, 0.6) is 0 Å². The molecule has 0 aliphatic carbocycles. The van der Waals surface area contributed by atoms with Crippen molar-refractivity contribution in [3.8, 4) is 0 Å². The van der Waals surface area contributed by atoms with Crippen LogP contribution in [0.4, 0.5) is 0 Å². The van der Waals surface area contributed by atoms with Crippen LogP contribution in [0.2, 0.25) is 0 Å². The minimum absolute atomic E-state index is 0.000461. The Labute approximate surface area is 238 Å². The first kappa shape index (κ1) is 36.7. The van der Waals surface area contributed by atoms with Crippen LogP contribution in [-0.4, -0.2) is 48.9 Å². The second kappa shape index (κ2) is 24.7. The van der Waals surface area contributed by atoms with Gasteiger partial charge in [0.15, 0.2) is 5.96 Å². The van der Waals surface area contributed by atoms with E-state index in [0.717, 1.165) is 12.8 Å². The van der Waals surface area contributed by atoms with Crippen molar-refractivity contribution < 1.29 is 14.4 Å². The van der Waals surface area contributed by atoms with Crippen LogP contribution in [0.15, 0.2) is 4.99 Å². The molecule has 0 rings (SSSR count). The third kappa shape index (κ3) is 23.3. The lowest BCUT2D eigenvalue weighted by molar-refractivity contribution is -0.132. The van der Waals surface area contributed by atoms with Gasteiger partial charge in [0, 0.05) is 20.0 Å². The zero-order valence-corrected chi connectivity index (χ0v) is 25.5. The predicted octanol–water partition coefficient (Wildman–Crippen LogP) is 4.67. The van der Waals surface area contributed by atoms with Crippen LogP contribution in [0.1, 0.15) is 137 Å². The fourth-order valence-corrected chi connectivity index (χ4v) is 4.65. The lowest BCUT2D eigenvalue weighted by Crippen LogP contribution is -2.54. The number of unbranched alkanes of at least 4 members (excludes halogenated alkanes) is 13. The lowest BCUT2D eigenvalue weighted by atomic mass is 10.0. The molecule has 0 unspecified atom stereocenters. The number of nitrogens with one attached hydrogen (secondary N) is 3. The minimum Gasteiger partial charge on any atom is -0.370 e. The number of rotatable bonds is 25. The zero-order chi connectivity index (χ0) is 29.3. The quantitative estimate of drug-likeness (QED) is 0.0633. The molecular formula is C30H60N6O3. The number of guanidine groups is 1.